The SMILES string of the molecule is Nc1ccc(-n2nnnc2C(F)(F)F)cc1. The summed E-state index contributed by atoms with van der Waals surface area (Å²) in [5, 5.41) is 9.21. The molecule has 16 heavy (non-hydrogen) atoms. The zero-order valence-electron chi connectivity index (χ0n) is 7.81. The Morgan fingerprint density at radius 1 is 1.12 bits per heavy atom. The molecule has 0 aliphatic rings. The molecule has 0 aliphatic heterocycles. The Hall–Kier alpha value is -2.12. The summed E-state index contributed by atoms with van der Waals surface area (Å²) in [5.74, 6) is -1.17. The van der Waals surface area contributed by atoms with E-state index in [0.29, 0.717) is 10.4 Å². The minimum Gasteiger partial charge on any atom is -0.399 e. The summed E-state index contributed by atoms with van der Waals surface area (Å²) in [6.07, 6.45) is -4.59. The Bertz CT molecular complexity index is 487. The van der Waals surface area contributed by atoms with Crippen molar-refractivity contribution >= 4 is 5.69 Å². The van der Waals surface area contributed by atoms with Crippen LogP contribution in [0.2, 0.25) is 0 Å². The molecular weight excluding hydrogens is 223 g/mol. The second kappa shape index (κ2) is 3.47. The number of rotatable bonds is 1. The Kier molecular flexibility index (Phi) is 2.26. The lowest BCUT2D eigenvalue weighted by atomic mass is 10.3. The largest absolute Gasteiger partial charge is 0.453 e. The zero-order chi connectivity index (χ0) is 11.8. The maximum atomic E-state index is 12.5. The molecule has 2 aromatic rings. The fraction of sp³-hybridized carbons (Fsp3) is 0.125. The fourth-order valence-corrected chi connectivity index (χ4v) is 1.15. The van der Waals surface area contributed by atoms with Crippen LogP contribution >= 0.6 is 0 Å². The average Bonchev–Trinajstić information content (AvgIpc) is 2.66. The van der Waals surface area contributed by atoms with Gasteiger partial charge in [-0.25, -0.2) is 0 Å². The minimum absolute atomic E-state index is 0.200. The van der Waals surface area contributed by atoms with Crippen molar-refractivity contribution in [3.63, 3.8) is 0 Å². The van der Waals surface area contributed by atoms with Gasteiger partial charge in [0.2, 0.25) is 0 Å². The second-order valence-corrected chi connectivity index (χ2v) is 3.00. The van der Waals surface area contributed by atoms with Crippen LogP contribution in [0.3, 0.4) is 0 Å². The van der Waals surface area contributed by atoms with Crippen LogP contribution in [0.15, 0.2) is 24.3 Å². The predicted molar refractivity (Wildman–Crippen MR) is 48.6 cm³/mol. The van der Waals surface area contributed by atoms with Crippen molar-refractivity contribution in [3.8, 4) is 5.69 Å². The molecule has 1 heterocycles. The number of nitrogens with zero attached hydrogens (tertiary/aromatic N) is 4. The number of nitrogens with two attached hydrogens (primary N) is 1. The summed E-state index contributed by atoms with van der Waals surface area (Å²) in [4.78, 5) is 0. The van der Waals surface area contributed by atoms with E-state index in [1.807, 2.05) is 0 Å². The third kappa shape index (κ3) is 1.81. The summed E-state index contributed by atoms with van der Waals surface area (Å²) in [6, 6.07) is 5.75. The number of anilines is 1. The third-order valence-electron chi connectivity index (χ3n) is 1.86. The predicted octanol–water partition coefficient (Wildman–Crippen LogP) is 1.26. The smallest absolute Gasteiger partial charge is 0.399 e. The number of hydrogen-bond donors (Lipinski definition) is 1. The van der Waals surface area contributed by atoms with E-state index in [-0.39, 0.29) is 5.69 Å². The summed E-state index contributed by atoms with van der Waals surface area (Å²) in [7, 11) is 0. The van der Waals surface area contributed by atoms with Crippen LogP contribution in [0.5, 0.6) is 0 Å². The van der Waals surface area contributed by atoms with E-state index in [0.717, 1.165) is 0 Å². The van der Waals surface area contributed by atoms with E-state index in [9.17, 15) is 13.2 Å². The maximum absolute atomic E-state index is 12.5. The highest BCUT2D eigenvalue weighted by Gasteiger charge is 2.38. The van der Waals surface area contributed by atoms with Crippen LogP contribution in [0.4, 0.5) is 18.9 Å². The van der Waals surface area contributed by atoms with Gasteiger partial charge >= 0.3 is 6.18 Å². The monoisotopic (exact) mass is 229 g/mol. The Labute approximate surface area is 87.7 Å². The van der Waals surface area contributed by atoms with Gasteiger partial charge in [-0.1, -0.05) is 0 Å². The molecule has 5 nitrogen and oxygen atoms in total. The standard InChI is InChI=1S/C8H6F3N5/c9-8(10,11)7-13-14-15-16(7)6-3-1-5(12)2-4-6/h1-4H,12H2. The number of halogens is 3. The molecule has 84 valence electrons. The first-order valence-electron chi connectivity index (χ1n) is 4.20. The molecule has 0 spiro atoms. The van der Waals surface area contributed by atoms with Gasteiger partial charge in [0, 0.05) is 5.69 Å². The molecule has 0 aliphatic carbocycles. The van der Waals surface area contributed by atoms with E-state index in [1.165, 1.54) is 24.3 Å². The van der Waals surface area contributed by atoms with Crippen LogP contribution in [0, 0.1) is 0 Å². The molecule has 2 N–H and O–H groups in total. The third-order valence-corrected chi connectivity index (χ3v) is 1.86. The van der Waals surface area contributed by atoms with Crippen LogP contribution in [-0.2, 0) is 6.18 Å². The lowest BCUT2D eigenvalue weighted by Crippen LogP contribution is -2.14. The lowest BCUT2D eigenvalue weighted by Gasteiger charge is -2.06. The van der Waals surface area contributed by atoms with Crippen molar-refractivity contribution in [2.75, 3.05) is 5.73 Å². The molecular formula is C8H6F3N5. The van der Waals surface area contributed by atoms with E-state index in [4.69, 9.17) is 5.73 Å². The molecule has 8 heteroatoms. The maximum Gasteiger partial charge on any atom is 0.453 e. The first kappa shape index (κ1) is 10.4. The Balaban J connectivity index is 2.49. The first-order valence-corrected chi connectivity index (χ1v) is 4.20. The summed E-state index contributed by atoms with van der Waals surface area (Å²) in [5.41, 5.74) is 6.07. The summed E-state index contributed by atoms with van der Waals surface area (Å²) in [6.45, 7) is 0. The Morgan fingerprint density at radius 2 is 1.75 bits per heavy atom. The molecule has 0 saturated carbocycles. The van der Waals surface area contributed by atoms with Crippen molar-refractivity contribution in [2.45, 2.75) is 6.18 Å². The van der Waals surface area contributed by atoms with E-state index in [1.54, 1.807) is 0 Å². The number of benzene rings is 1. The lowest BCUT2D eigenvalue weighted by molar-refractivity contribution is -0.146. The van der Waals surface area contributed by atoms with Crippen molar-refractivity contribution in [1.82, 2.24) is 20.2 Å². The van der Waals surface area contributed by atoms with Crippen molar-refractivity contribution < 1.29 is 13.2 Å². The van der Waals surface area contributed by atoms with Crippen LogP contribution in [-0.4, -0.2) is 20.2 Å². The van der Waals surface area contributed by atoms with Crippen LogP contribution in [0.25, 0.3) is 5.69 Å². The number of aromatic nitrogens is 4. The van der Waals surface area contributed by atoms with Gasteiger partial charge in [0.1, 0.15) is 0 Å². The molecule has 0 fully saturated rings. The van der Waals surface area contributed by atoms with Gasteiger partial charge in [-0.3, -0.25) is 0 Å². The topological polar surface area (TPSA) is 69.6 Å². The Morgan fingerprint density at radius 3 is 2.31 bits per heavy atom. The number of tetrazole rings is 1. The average molecular weight is 229 g/mol. The van der Waals surface area contributed by atoms with Gasteiger partial charge in [-0.15, -0.1) is 5.10 Å². The van der Waals surface area contributed by atoms with Gasteiger partial charge in [0.25, 0.3) is 5.82 Å². The first-order chi connectivity index (χ1) is 7.48. The van der Waals surface area contributed by atoms with Gasteiger partial charge in [-0.2, -0.15) is 17.9 Å². The number of hydrogen-bond acceptors (Lipinski definition) is 4. The minimum atomic E-state index is -4.59. The van der Waals surface area contributed by atoms with Crippen molar-refractivity contribution in [3.05, 3.63) is 30.1 Å². The highest BCUT2D eigenvalue weighted by atomic mass is 19.4. The molecule has 0 atom stereocenters. The molecule has 0 saturated heterocycles. The van der Waals surface area contributed by atoms with Gasteiger partial charge < -0.3 is 5.73 Å². The van der Waals surface area contributed by atoms with Crippen LogP contribution in [0.1, 0.15) is 5.82 Å². The molecule has 0 amide bonds. The quantitative estimate of drug-likeness (QED) is 0.747. The summed E-state index contributed by atoms with van der Waals surface area (Å²) < 4.78 is 38.0. The van der Waals surface area contributed by atoms with Gasteiger partial charge in [0.05, 0.1) is 5.69 Å². The summed E-state index contributed by atoms with van der Waals surface area (Å²) >= 11 is 0. The van der Waals surface area contributed by atoms with E-state index >= 15 is 0 Å². The molecule has 1 aromatic carbocycles. The highest BCUT2D eigenvalue weighted by molar-refractivity contribution is 5.44. The molecule has 0 bridgehead atoms. The van der Waals surface area contributed by atoms with Crippen LogP contribution < -0.4 is 5.73 Å². The number of nitrogen functional groups attached to an aromatic ring is 1. The molecule has 0 unspecified atom stereocenters. The second-order valence-electron chi connectivity index (χ2n) is 3.00. The van der Waals surface area contributed by atoms with Crippen molar-refractivity contribution in [2.24, 2.45) is 0 Å². The molecule has 1 aromatic heterocycles. The fourth-order valence-electron chi connectivity index (χ4n) is 1.15. The molecule has 2 rings (SSSR count). The highest BCUT2D eigenvalue weighted by Crippen LogP contribution is 2.28. The van der Waals surface area contributed by atoms with Gasteiger partial charge in [0.15, 0.2) is 0 Å². The van der Waals surface area contributed by atoms with E-state index in [2.05, 4.69) is 15.5 Å². The van der Waals surface area contributed by atoms with Crippen molar-refractivity contribution in [1.29, 1.82) is 0 Å². The van der Waals surface area contributed by atoms with E-state index < -0.39 is 12.0 Å². The van der Waals surface area contributed by atoms with Gasteiger partial charge in [-0.05, 0) is 34.7 Å². The normalized spacial score (nSPS) is 11.7. The number of alkyl halides is 3. The molecule has 0 radical (unpaired) electrons. The zero-order valence-corrected chi connectivity index (χ0v) is 7.81.